The molecule has 0 aliphatic heterocycles. The monoisotopic (exact) mass is 178 g/mol. The van der Waals surface area contributed by atoms with Gasteiger partial charge < -0.3 is 0 Å². The Hall–Kier alpha value is -0.790. The first-order valence-corrected chi connectivity index (χ1v) is 5.33. The van der Waals surface area contributed by atoms with Crippen LogP contribution in [0.1, 0.15) is 44.7 Å². The summed E-state index contributed by atoms with van der Waals surface area (Å²) in [5.41, 5.74) is 1.41. The summed E-state index contributed by atoms with van der Waals surface area (Å²) in [6, 6.07) is 2.16. The van der Waals surface area contributed by atoms with Gasteiger partial charge in [0.25, 0.3) is 0 Å². The van der Waals surface area contributed by atoms with E-state index >= 15 is 0 Å². The van der Waals surface area contributed by atoms with Crippen LogP contribution in [0, 0.1) is 5.92 Å². The van der Waals surface area contributed by atoms with E-state index < -0.39 is 0 Å². The van der Waals surface area contributed by atoms with Crippen LogP contribution in [0.4, 0.5) is 0 Å². The van der Waals surface area contributed by atoms with Gasteiger partial charge >= 0.3 is 0 Å². The highest BCUT2D eigenvalue weighted by Crippen LogP contribution is 2.31. The van der Waals surface area contributed by atoms with Crippen LogP contribution in [0.25, 0.3) is 0 Å². The fourth-order valence-corrected chi connectivity index (χ4v) is 1.67. The molecule has 1 heterocycles. The standard InChI is InChI=1S/C11H18N2/c1-3-9(2)11-6-7-12-13(11)8-10-4-5-10/h6-7,9-10H,3-5,8H2,1-2H3. The second-order valence-corrected chi connectivity index (χ2v) is 4.19. The molecule has 0 saturated heterocycles. The van der Waals surface area contributed by atoms with Gasteiger partial charge in [-0.3, -0.25) is 4.68 Å². The lowest BCUT2D eigenvalue weighted by molar-refractivity contribution is 0.515. The topological polar surface area (TPSA) is 17.8 Å². The maximum absolute atomic E-state index is 4.38. The van der Waals surface area contributed by atoms with E-state index in [0.29, 0.717) is 5.92 Å². The molecule has 0 amide bonds. The molecule has 1 aliphatic rings. The summed E-state index contributed by atoms with van der Waals surface area (Å²) < 4.78 is 2.20. The van der Waals surface area contributed by atoms with Gasteiger partial charge in [0.2, 0.25) is 0 Å². The minimum absolute atomic E-state index is 0.654. The molecule has 1 atom stereocenters. The van der Waals surface area contributed by atoms with Gasteiger partial charge in [-0.05, 0) is 37.2 Å². The molecule has 2 heteroatoms. The smallest absolute Gasteiger partial charge is 0.0492 e. The maximum Gasteiger partial charge on any atom is 0.0492 e. The number of aromatic nitrogens is 2. The van der Waals surface area contributed by atoms with Crippen LogP contribution in [-0.4, -0.2) is 9.78 Å². The molecule has 0 spiro atoms. The maximum atomic E-state index is 4.38. The Morgan fingerprint density at radius 2 is 2.38 bits per heavy atom. The molecule has 72 valence electrons. The fourth-order valence-electron chi connectivity index (χ4n) is 1.67. The van der Waals surface area contributed by atoms with Crippen molar-refractivity contribution < 1.29 is 0 Å². The van der Waals surface area contributed by atoms with E-state index in [0.717, 1.165) is 12.5 Å². The average molecular weight is 178 g/mol. The molecule has 1 aliphatic carbocycles. The van der Waals surface area contributed by atoms with Crippen molar-refractivity contribution in [2.24, 2.45) is 5.92 Å². The van der Waals surface area contributed by atoms with Crippen LogP contribution in [0.2, 0.25) is 0 Å². The molecular weight excluding hydrogens is 160 g/mol. The fraction of sp³-hybridized carbons (Fsp3) is 0.727. The van der Waals surface area contributed by atoms with E-state index in [2.05, 4.69) is 29.7 Å². The normalized spacial score (nSPS) is 18.9. The van der Waals surface area contributed by atoms with Crippen LogP contribution >= 0.6 is 0 Å². The van der Waals surface area contributed by atoms with Gasteiger partial charge in [-0.25, -0.2) is 0 Å². The van der Waals surface area contributed by atoms with Crippen LogP contribution in [0.15, 0.2) is 12.3 Å². The van der Waals surface area contributed by atoms with Crippen LogP contribution < -0.4 is 0 Å². The Balaban J connectivity index is 2.09. The van der Waals surface area contributed by atoms with Gasteiger partial charge in [-0.15, -0.1) is 0 Å². The predicted molar refractivity (Wildman–Crippen MR) is 53.7 cm³/mol. The third-order valence-electron chi connectivity index (χ3n) is 2.99. The molecule has 1 aromatic heterocycles. The minimum Gasteiger partial charge on any atom is -0.269 e. The Morgan fingerprint density at radius 1 is 1.62 bits per heavy atom. The molecule has 0 radical (unpaired) electrons. The lowest BCUT2D eigenvalue weighted by atomic mass is 10.1. The predicted octanol–water partition coefficient (Wildman–Crippen LogP) is 2.81. The van der Waals surface area contributed by atoms with Gasteiger partial charge in [0, 0.05) is 18.4 Å². The van der Waals surface area contributed by atoms with Crippen LogP contribution in [0.3, 0.4) is 0 Å². The first kappa shape index (κ1) is 8.79. The first-order chi connectivity index (χ1) is 6.31. The molecule has 1 fully saturated rings. The highest BCUT2D eigenvalue weighted by molar-refractivity contribution is 5.06. The van der Waals surface area contributed by atoms with E-state index in [1.54, 1.807) is 0 Å². The molecule has 2 rings (SSSR count). The zero-order valence-corrected chi connectivity index (χ0v) is 8.53. The van der Waals surface area contributed by atoms with Gasteiger partial charge in [-0.2, -0.15) is 5.10 Å². The lowest BCUT2D eigenvalue weighted by Gasteiger charge is -2.11. The van der Waals surface area contributed by atoms with E-state index in [4.69, 9.17) is 0 Å². The summed E-state index contributed by atoms with van der Waals surface area (Å²) in [4.78, 5) is 0. The lowest BCUT2D eigenvalue weighted by Crippen LogP contribution is -2.08. The van der Waals surface area contributed by atoms with E-state index in [1.165, 1.54) is 25.0 Å². The highest BCUT2D eigenvalue weighted by Gasteiger charge is 2.23. The van der Waals surface area contributed by atoms with Gasteiger partial charge in [0.05, 0.1) is 0 Å². The van der Waals surface area contributed by atoms with Crippen molar-refractivity contribution in [2.45, 2.75) is 45.6 Å². The summed E-state index contributed by atoms with van der Waals surface area (Å²) in [5.74, 6) is 1.57. The summed E-state index contributed by atoms with van der Waals surface area (Å²) in [6.45, 7) is 5.66. The van der Waals surface area contributed by atoms with Gasteiger partial charge in [0.15, 0.2) is 0 Å². The third-order valence-corrected chi connectivity index (χ3v) is 2.99. The second kappa shape index (κ2) is 3.52. The third kappa shape index (κ3) is 1.93. The Morgan fingerprint density at radius 3 is 3.00 bits per heavy atom. The van der Waals surface area contributed by atoms with E-state index in [1.807, 2.05) is 6.20 Å². The average Bonchev–Trinajstić information content (AvgIpc) is 2.82. The molecule has 1 saturated carbocycles. The van der Waals surface area contributed by atoms with Crippen molar-refractivity contribution in [3.63, 3.8) is 0 Å². The molecule has 1 aromatic rings. The van der Waals surface area contributed by atoms with Crippen molar-refractivity contribution in [1.29, 1.82) is 0 Å². The summed E-state index contributed by atoms with van der Waals surface area (Å²) in [5, 5.41) is 4.38. The first-order valence-electron chi connectivity index (χ1n) is 5.33. The number of nitrogens with zero attached hydrogens (tertiary/aromatic N) is 2. The van der Waals surface area contributed by atoms with Crippen molar-refractivity contribution in [1.82, 2.24) is 9.78 Å². The molecule has 0 N–H and O–H groups in total. The Kier molecular flexibility index (Phi) is 2.38. The second-order valence-electron chi connectivity index (χ2n) is 4.19. The molecule has 0 aromatic carbocycles. The van der Waals surface area contributed by atoms with Crippen molar-refractivity contribution in [3.8, 4) is 0 Å². The summed E-state index contributed by atoms with van der Waals surface area (Å²) in [6.07, 6.45) is 5.94. The van der Waals surface area contributed by atoms with E-state index in [9.17, 15) is 0 Å². The zero-order chi connectivity index (χ0) is 9.26. The molecule has 0 bridgehead atoms. The van der Waals surface area contributed by atoms with Crippen molar-refractivity contribution >= 4 is 0 Å². The quantitative estimate of drug-likeness (QED) is 0.693. The van der Waals surface area contributed by atoms with Crippen LogP contribution in [-0.2, 0) is 6.54 Å². The van der Waals surface area contributed by atoms with Crippen molar-refractivity contribution in [2.75, 3.05) is 0 Å². The molecule has 13 heavy (non-hydrogen) atoms. The number of rotatable bonds is 4. The molecule has 2 nitrogen and oxygen atoms in total. The largest absolute Gasteiger partial charge is 0.269 e. The number of hydrogen-bond donors (Lipinski definition) is 0. The SMILES string of the molecule is CCC(C)c1ccnn1CC1CC1. The zero-order valence-electron chi connectivity index (χ0n) is 8.53. The Bertz CT molecular complexity index is 273. The highest BCUT2D eigenvalue weighted by atomic mass is 15.3. The summed E-state index contributed by atoms with van der Waals surface area (Å²) in [7, 11) is 0. The summed E-state index contributed by atoms with van der Waals surface area (Å²) >= 11 is 0. The van der Waals surface area contributed by atoms with Gasteiger partial charge in [0.1, 0.15) is 0 Å². The Labute approximate surface area is 80.0 Å². The van der Waals surface area contributed by atoms with E-state index in [-0.39, 0.29) is 0 Å². The number of hydrogen-bond acceptors (Lipinski definition) is 1. The minimum atomic E-state index is 0.654. The molecular formula is C11H18N2. The van der Waals surface area contributed by atoms with Gasteiger partial charge in [-0.1, -0.05) is 13.8 Å². The molecule has 1 unspecified atom stereocenters. The van der Waals surface area contributed by atoms with Crippen LogP contribution in [0.5, 0.6) is 0 Å². The van der Waals surface area contributed by atoms with Crippen molar-refractivity contribution in [3.05, 3.63) is 18.0 Å².